The van der Waals surface area contributed by atoms with Gasteiger partial charge in [0.2, 0.25) is 0 Å². The highest BCUT2D eigenvalue weighted by Crippen LogP contribution is 2.36. The zero-order valence-corrected chi connectivity index (χ0v) is 12.2. The molecule has 3 rings (SSSR count). The van der Waals surface area contributed by atoms with Crippen molar-refractivity contribution >= 4 is 0 Å². The summed E-state index contributed by atoms with van der Waals surface area (Å²) >= 11 is 0. The Morgan fingerprint density at radius 3 is 2.38 bits per heavy atom. The van der Waals surface area contributed by atoms with E-state index < -0.39 is 0 Å². The van der Waals surface area contributed by atoms with Gasteiger partial charge in [0.1, 0.15) is 5.75 Å². The Kier molecular flexibility index (Phi) is 4.56. The minimum atomic E-state index is 0.281. The minimum Gasteiger partial charge on any atom is -0.508 e. The lowest BCUT2D eigenvalue weighted by molar-refractivity contribution is 0.00197. The molecule has 2 aromatic rings. The summed E-state index contributed by atoms with van der Waals surface area (Å²) in [6.45, 7) is 0.681. The molecule has 0 spiro atoms. The molecular formula is C19H22O2. The van der Waals surface area contributed by atoms with E-state index in [0.717, 1.165) is 6.42 Å². The maximum absolute atomic E-state index is 9.44. The Hall–Kier alpha value is -1.80. The van der Waals surface area contributed by atoms with E-state index >= 15 is 0 Å². The monoisotopic (exact) mass is 282 g/mol. The van der Waals surface area contributed by atoms with Crippen LogP contribution in [-0.4, -0.2) is 11.2 Å². The third-order valence-electron chi connectivity index (χ3n) is 4.33. The molecule has 21 heavy (non-hydrogen) atoms. The van der Waals surface area contributed by atoms with Crippen LogP contribution in [0.5, 0.6) is 5.75 Å². The van der Waals surface area contributed by atoms with Gasteiger partial charge < -0.3 is 9.84 Å². The molecule has 1 aliphatic carbocycles. The highest BCUT2D eigenvalue weighted by Gasteiger charge is 2.27. The summed E-state index contributed by atoms with van der Waals surface area (Å²) in [5.74, 6) is 0.777. The number of aromatic hydroxyl groups is 1. The quantitative estimate of drug-likeness (QED) is 0.885. The molecule has 110 valence electrons. The first-order valence-electron chi connectivity index (χ1n) is 7.77. The number of phenols is 1. The van der Waals surface area contributed by atoms with Crippen molar-refractivity contribution in [3.8, 4) is 5.75 Å². The maximum Gasteiger partial charge on any atom is 0.115 e. The normalized spacial score (nSPS) is 22.1. The first-order valence-corrected chi connectivity index (χ1v) is 7.77. The number of ether oxygens (including phenoxy) is 1. The van der Waals surface area contributed by atoms with Gasteiger partial charge in [0.25, 0.3) is 0 Å². The summed E-state index contributed by atoms with van der Waals surface area (Å²) in [7, 11) is 0. The molecule has 2 atom stereocenters. The summed E-state index contributed by atoms with van der Waals surface area (Å²) in [4.78, 5) is 0. The second-order valence-corrected chi connectivity index (χ2v) is 5.82. The van der Waals surface area contributed by atoms with Crippen molar-refractivity contribution in [3.05, 3.63) is 65.7 Å². The zero-order valence-electron chi connectivity index (χ0n) is 12.2. The van der Waals surface area contributed by atoms with Gasteiger partial charge in [0.05, 0.1) is 12.7 Å². The van der Waals surface area contributed by atoms with E-state index in [9.17, 15) is 5.11 Å². The maximum atomic E-state index is 9.44. The zero-order chi connectivity index (χ0) is 14.5. The van der Waals surface area contributed by atoms with Gasteiger partial charge in [-0.25, -0.2) is 0 Å². The van der Waals surface area contributed by atoms with Gasteiger partial charge in [-0.15, -0.1) is 0 Å². The van der Waals surface area contributed by atoms with E-state index in [2.05, 4.69) is 24.3 Å². The van der Waals surface area contributed by atoms with Crippen LogP contribution < -0.4 is 0 Å². The van der Waals surface area contributed by atoms with Gasteiger partial charge >= 0.3 is 0 Å². The molecule has 0 saturated heterocycles. The third kappa shape index (κ3) is 3.64. The fourth-order valence-electron chi connectivity index (χ4n) is 3.18. The van der Waals surface area contributed by atoms with Crippen LogP contribution in [-0.2, 0) is 11.3 Å². The van der Waals surface area contributed by atoms with Crippen molar-refractivity contribution in [1.82, 2.24) is 0 Å². The minimum absolute atomic E-state index is 0.281. The van der Waals surface area contributed by atoms with Gasteiger partial charge in [-0.2, -0.15) is 0 Å². The number of rotatable bonds is 4. The van der Waals surface area contributed by atoms with Gasteiger partial charge in [-0.05, 0) is 36.1 Å². The van der Waals surface area contributed by atoms with Gasteiger partial charge in [0.15, 0.2) is 0 Å². The second-order valence-electron chi connectivity index (χ2n) is 5.82. The molecule has 1 fully saturated rings. The predicted molar refractivity (Wildman–Crippen MR) is 84.3 cm³/mol. The van der Waals surface area contributed by atoms with Gasteiger partial charge in [0, 0.05) is 5.92 Å². The van der Waals surface area contributed by atoms with E-state index in [-0.39, 0.29) is 6.10 Å². The van der Waals surface area contributed by atoms with Crippen molar-refractivity contribution in [1.29, 1.82) is 0 Å². The molecule has 2 unspecified atom stereocenters. The van der Waals surface area contributed by atoms with Crippen molar-refractivity contribution in [3.63, 3.8) is 0 Å². The summed E-state index contributed by atoms with van der Waals surface area (Å²) in [5.41, 5.74) is 2.51. The van der Waals surface area contributed by atoms with Crippen LogP contribution in [0.15, 0.2) is 54.6 Å². The average molecular weight is 282 g/mol. The van der Waals surface area contributed by atoms with Crippen LogP contribution >= 0.6 is 0 Å². The molecule has 1 saturated carbocycles. The molecule has 0 aromatic heterocycles. The average Bonchev–Trinajstić information content (AvgIpc) is 2.55. The molecule has 0 aliphatic heterocycles. The molecule has 2 nitrogen and oxygen atoms in total. The van der Waals surface area contributed by atoms with Gasteiger partial charge in [-0.3, -0.25) is 0 Å². The SMILES string of the molecule is Oc1ccc(C2CCCCC2OCc2ccccc2)cc1. The van der Waals surface area contributed by atoms with Crippen LogP contribution in [0.1, 0.15) is 42.7 Å². The molecular weight excluding hydrogens is 260 g/mol. The summed E-state index contributed by atoms with van der Waals surface area (Å²) in [6, 6.07) is 18.0. The van der Waals surface area contributed by atoms with Crippen molar-refractivity contribution in [2.24, 2.45) is 0 Å². The summed E-state index contributed by atoms with van der Waals surface area (Å²) < 4.78 is 6.20. The lowest BCUT2D eigenvalue weighted by atomic mass is 9.81. The molecule has 0 radical (unpaired) electrons. The third-order valence-corrected chi connectivity index (χ3v) is 4.33. The first kappa shape index (κ1) is 14.2. The Bertz CT molecular complexity index is 548. The van der Waals surface area contributed by atoms with Crippen molar-refractivity contribution in [2.75, 3.05) is 0 Å². The van der Waals surface area contributed by atoms with E-state index in [1.807, 2.05) is 18.2 Å². The fraction of sp³-hybridized carbons (Fsp3) is 0.368. The Morgan fingerprint density at radius 2 is 1.62 bits per heavy atom. The largest absolute Gasteiger partial charge is 0.508 e. The Labute approximate surface area is 126 Å². The smallest absolute Gasteiger partial charge is 0.115 e. The predicted octanol–water partition coefficient (Wildman–Crippen LogP) is 4.64. The lowest BCUT2D eigenvalue weighted by Gasteiger charge is -2.32. The molecule has 0 bridgehead atoms. The summed E-state index contributed by atoms with van der Waals surface area (Å²) in [5, 5.41) is 9.44. The van der Waals surface area contributed by atoms with Crippen LogP contribution in [0.2, 0.25) is 0 Å². The molecule has 1 N–H and O–H groups in total. The Balaban J connectivity index is 1.68. The van der Waals surface area contributed by atoms with E-state index in [4.69, 9.17) is 4.74 Å². The van der Waals surface area contributed by atoms with E-state index in [0.29, 0.717) is 18.3 Å². The number of hydrogen-bond acceptors (Lipinski definition) is 2. The van der Waals surface area contributed by atoms with Crippen LogP contribution in [0.25, 0.3) is 0 Å². The highest BCUT2D eigenvalue weighted by molar-refractivity contribution is 5.29. The number of benzene rings is 2. The van der Waals surface area contributed by atoms with Gasteiger partial charge in [-0.1, -0.05) is 55.3 Å². The highest BCUT2D eigenvalue weighted by atomic mass is 16.5. The molecule has 0 amide bonds. The van der Waals surface area contributed by atoms with Crippen LogP contribution in [0, 0.1) is 0 Å². The fourth-order valence-corrected chi connectivity index (χ4v) is 3.18. The topological polar surface area (TPSA) is 29.5 Å². The van der Waals surface area contributed by atoms with E-state index in [1.54, 1.807) is 12.1 Å². The number of hydrogen-bond donors (Lipinski definition) is 1. The Morgan fingerprint density at radius 1 is 0.905 bits per heavy atom. The first-order chi connectivity index (χ1) is 10.3. The molecule has 2 heteroatoms. The van der Waals surface area contributed by atoms with Crippen molar-refractivity contribution in [2.45, 2.75) is 44.3 Å². The van der Waals surface area contributed by atoms with Crippen molar-refractivity contribution < 1.29 is 9.84 Å². The molecule has 2 aromatic carbocycles. The molecule has 0 heterocycles. The summed E-state index contributed by atoms with van der Waals surface area (Å²) in [6.07, 6.45) is 5.08. The lowest BCUT2D eigenvalue weighted by Crippen LogP contribution is -2.26. The van der Waals surface area contributed by atoms with E-state index in [1.165, 1.54) is 30.4 Å². The van der Waals surface area contributed by atoms with Crippen LogP contribution in [0.4, 0.5) is 0 Å². The second kappa shape index (κ2) is 6.77. The number of phenolic OH excluding ortho intramolecular Hbond substituents is 1. The van der Waals surface area contributed by atoms with Crippen LogP contribution in [0.3, 0.4) is 0 Å². The standard InChI is InChI=1S/C19H22O2/c20-17-12-10-16(11-13-17)18-8-4-5-9-19(18)21-14-15-6-2-1-3-7-15/h1-3,6-7,10-13,18-20H,4-5,8-9,14H2. The molecule has 1 aliphatic rings.